The predicted octanol–water partition coefficient (Wildman–Crippen LogP) is 4.63. The molecule has 3 aromatic rings. The van der Waals surface area contributed by atoms with Crippen LogP contribution in [-0.4, -0.2) is 10.9 Å². The van der Waals surface area contributed by atoms with Crippen molar-refractivity contribution in [3.05, 3.63) is 77.0 Å². The Labute approximate surface area is 152 Å². The second kappa shape index (κ2) is 7.27. The molecule has 132 valence electrons. The average Bonchev–Trinajstić information content (AvgIpc) is 2.56. The molecule has 3 rings (SSSR count). The number of nitrogen functional groups attached to an aromatic ring is 1. The lowest BCUT2D eigenvalue weighted by molar-refractivity contribution is 0.102. The Kier molecular flexibility index (Phi) is 4.89. The van der Waals surface area contributed by atoms with Gasteiger partial charge in [0.1, 0.15) is 17.3 Å². The van der Waals surface area contributed by atoms with Gasteiger partial charge < -0.3 is 15.8 Å². The van der Waals surface area contributed by atoms with E-state index >= 15 is 0 Å². The summed E-state index contributed by atoms with van der Waals surface area (Å²) in [5.74, 6) is 1.36. The lowest BCUT2D eigenvalue weighted by atomic mass is 10.1. The summed E-state index contributed by atoms with van der Waals surface area (Å²) in [5.41, 5.74) is 9.56. The molecule has 1 heterocycles. The van der Waals surface area contributed by atoms with E-state index < -0.39 is 0 Å². The van der Waals surface area contributed by atoms with Crippen LogP contribution in [0.5, 0.6) is 11.5 Å². The first-order valence-electron chi connectivity index (χ1n) is 8.32. The van der Waals surface area contributed by atoms with Crippen LogP contribution in [0.3, 0.4) is 0 Å². The molecular formula is C21H21N3O2. The van der Waals surface area contributed by atoms with E-state index in [1.165, 1.54) is 0 Å². The number of amides is 1. The Morgan fingerprint density at radius 3 is 2.50 bits per heavy atom. The van der Waals surface area contributed by atoms with E-state index in [0.717, 1.165) is 22.6 Å². The Morgan fingerprint density at radius 1 is 1.00 bits per heavy atom. The molecule has 2 aromatic carbocycles. The first-order chi connectivity index (χ1) is 12.4. The summed E-state index contributed by atoms with van der Waals surface area (Å²) < 4.78 is 5.91. The highest BCUT2D eigenvalue weighted by Crippen LogP contribution is 2.27. The van der Waals surface area contributed by atoms with Gasteiger partial charge in [0.2, 0.25) is 0 Å². The van der Waals surface area contributed by atoms with E-state index in [0.29, 0.717) is 17.0 Å². The van der Waals surface area contributed by atoms with Gasteiger partial charge in [0.15, 0.2) is 0 Å². The van der Waals surface area contributed by atoms with Gasteiger partial charge in [0, 0.05) is 17.4 Å². The highest BCUT2D eigenvalue weighted by molar-refractivity contribution is 6.08. The molecule has 0 spiro atoms. The first-order valence-corrected chi connectivity index (χ1v) is 8.32. The lowest BCUT2D eigenvalue weighted by Crippen LogP contribution is -2.17. The van der Waals surface area contributed by atoms with E-state index in [4.69, 9.17) is 10.5 Å². The predicted molar refractivity (Wildman–Crippen MR) is 104 cm³/mol. The van der Waals surface area contributed by atoms with Gasteiger partial charge in [-0.15, -0.1) is 0 Å². The van der Waals surface area contributed by atoms with Crippen molar-refractivity contribution in [3.63, 3.8) is 0 Å². The molecule has 5 nitrogen and oxygen atoms in total. The molecule has 0 unspecified atom stereocenters. The number of nitrogens with zero attached hydrogens (tertiary/aromatic N) is 1. The monoisotopic (exact) mass is 347 g/mol. The number of aryl methyl sites for hydroxylation is 3. The van der Waals surface area contributed by atoms with Gasteiger partial charge in [-0.1, -0.05) is 24.3 Å². The van der Waals surface area contributed by atoms with Crippen LogP contribution in [0, 0.1) is 20.8 Å². The number of ether oxygens (including phenoxy) is 1. The number of nitrogens with two attached hydrogens (primary N) is 1. The molecule has 0 atom stereocenters. The molecule has 0 saturated carbocycles. The third kappa shape index (κ3) is 3.83. The summed E-state index contributed by atoms with van der Waals surface area (Å²) in [4.78, 5) is 16.8. The van der Waals surface area contributed by atoms with Crippen molar-refractivity contribution in [3.8, 4) is 11.5 Å². The van der Waals surface area contributed by atoms with Gasteiger partial charge in [-0.05, 0) is 56.2 Å². The zero-order chi connectivity index (χ0) is 18.7. The van der Waals surface area contributed by atoms with E-state index in [9.17, 15) is 4.79 Å². The van der Waals surface area contributed by atoms with Crippen LogP contribution >= 0.6 is 0 Å². The van der Waals surface area contributed by atoms with Gasteiger partial charge in [0.05, 0.1) is 5.56 Å². The fourth-order valence-corrected chi connectivity index (χ4v) is 2.79. The molecule has 0 fully saturated rings. The van der Waals surface area contributed by atoms with E-state index in [2.05, 4.69) is 10.3 Å². The molecule has 1 amide bonds. The number of nitrogens with one attached hydrogen (secondary N) is 1. The Balaban J connectivity index is 1.81. The number of rotatable bonds is 4. The maximum absolute atomic E-state index is 12.6. The Bertz CT molecular complexity index is 944. The molecule has 5 heteroatoms. The van der Waals surface area contributed by atoms with Crippen molar-refractivity contribution in [1.82, 2.24) is 4.98 Å². The standard InChI is InChI=1S/C21H21N3O2/c1-13-7-4-5-10-18(13)26-17-9-6-8-16(12-17)24-21(25)19-14(2)11-15(3)23-20(19)22/h4-12H,1-3H3,(H2,22,23)(H,24,25). The number of anilines is 2. The van der Waals surface area contributed by atoms with E-state index in [1.54, 1.807) is 12.1 Å². The Hall–Kier alpha value is -3.34. The number of benzene rings is 2. The number of para-hydroxylation sites is 1. The van der Waals surface area contributed by atoms with Crippen molar-refractivity contribution in [2.24, 2.45) is 0 Å². The van der Waals surface area contributed by atoms with Crippen molar-refractivity contribution in [1.29, 1.82) is 0 Å². The van der Waals surface area contributed by atoms with Gasteiger partial charge in [-0.3, -0.25) is 4.79 Å². The average molecular weight is 347 g/mol. The zero-order valence-electron chi connectivity index (χ0n) is 15.0. The molecule has 1 aromatic heterocycles. The molecular weight excluding hydrogens is 326 g/mol. The smallest absolute Gasteiger partial charge is 0.259 e. The molecule has 0 radical (unpaired) electrons. The van der Waals surface area contributed by atoms with Crippen LogP contribution in [0.4, 0.5) is 11.5 Å². The lowest BCUT2D eigenvalue weighted by Gasteiger charge is -2.12. The van der Waals surface area contributed by atoms with Gasteiger partial charge in [-0.2, -0.15) is 0 Å². The normalized spacial score (nSPS) is 10.4. The molecule has 0 aliphatic carbocycles. The minimum Gasteiger partial charge on any atom is -0.457 e. The molecule has 0 aliphatic heterocycles. The van der Waals surface area contributed by atoms with Crippen LogP contribution < -0.4 is 15.8 Å². The number of carbonyl (C=O) groups is 1. The Morgan fingerprint density at radius 2 is 1.77 bits per heavy atom. The fourth-order valence-electron chi connectivity index (χ4n) is 2.79. The highest BCUT2D eigenvalue weighted by atomic mass is 16.5. The largest absolute Gasteiger partial charge is 0.457 e. The summed E-state index contributed by atoms with van der Waals surface area (Å²) in [6.07, 6.45) is 0. The quantitative estimate of drug-likeness (QED) is 0.721. The van der Waals surface area contributed by atoms with Crippen LogP contribution in [0.25, 0.3) is 0 Å². The van der Waals surface area contributed by atoms with E-state index in [-0.39, 0.29) is 11.7 Å². The van der Waals surface area contributed by atoms with E-state index in [1.807, 2.05) is 63.2 Å². The first kappa shape index (κ1) is 17.5. The number of hydrogen-bond donors (Lipinski definition) is 2. The highest BCUT2D eigenvalue weighted by Gasteiger charge is 2.15. The topological polar surface area (TPSA) is 77.2 Å². The van der Waals surface area contributed by atoms with Crippen LogP contribution in [0.15, 0.2) is 54.6 Å². The van der Waals surface area contributed by atoms with Crippen molar-refractivity contribution in [2.45, 2.75) is 20.8 Å². The third-order valence-corrected chi connectivity index (χ3v) is 4.01. The van der Waals surface area contributed by atoms with Crippen molar-refractivity contribution < 1.29 is 9.53 Å². The van der Waals surface area contributed by atoms with Crippen molar-refractivity contribution in [2.75, 3.05) is 11.1 Å². The van der Waals surface area contributed by atoms with Gasteiger partial charge in [-0.25, -0.2) is 4.98 Å². The zero-order valence-corrected chi connectivity index (χ0v) is 15.0. The maximum atomic E-state index is 12.6. The number of carbonyl (C=O) groups excluding carboxylic acids is 1. The molecule has 0 aliphatic rings. The van der Waals surface area contributed by atoms with Crippen molar-refractivity contribution >= 4 is 17.4 Å². The minimum atomic E-state index is -0.291. The number of hydrogen-bond acceptors (Lipinski definition) is 4. The summed E-state index contributed by atoms with van der Waals surface area (Å²) in [6, 6.07) is 16.9. The van der Waals surface area contributed by atoms with Crippen LogP contribution in [0.1, 0.15) is 27.2 Å². The molecule has 26 heavy (non-hydrogen) atoms. The molecule has 3 N–H and O–H groups in total. The molecule has 0 saturated heterocycles. The summed E-state index contributed by atoms with van der Waals surface area (Å²) in [7, 11) is 0. The van der Waals surface area contributed by atoms with Crippen LogP contribution in [-0.2, 0) is 0 Å². The third-order valence-electron chi connectivity index (χ3n) is 4.01. The number of aromatic nitrogens is 1. The van der Waals surface area contributed by atoms with Gasteiger partial charge in [0.25, 0.3) is 5.91 Å². The second-order valence-electron chi connectivity index (χ2n) is 6.19. The van der Waals surface area contributed by atoms with Crippen LogP contribution in [0.2, 0.25) is 0 Å². The summed E-state index contributed by atoms with van der Waals surface area (Å²) in [5, 5.41) is 2.86. The minimum absolute atomic E-state index is 0.229. The fraction of sp³-hybridized carbons (Fsp3) is 0.143. The SMILES string of the molecule is Cc1cc(C)c(C(=O)Nc2cccc(Oc3ccccc3C)c2)c(N)n1. The summed E-state index contributed by atoms with van der Waals surface area (Å²) in [6.45, 7) is 5.67. The number of pyridine rings is 1. The maximum Gasteiger partial charge on any atom is 0.259 e. The van der Waals surface area contributed by atoms with Gasteiger partial charge >= 0.3 is 0 Å². The second-order valence-corrected chi connectivity index (χ2v) is 6.19. The summed E-state index contributed by atoms with van der Waals surface area (Å²) >= 11 is 0. The molecule has 0 bridgehead atoms.